The van der Waals surface area contributed by atoms with Gasteiger partial charge in [-0.1, -0.05) is 47.1 Å². The summed E-state index contributed by atoms with van der Waals surface area (Å²) in [5.74, 6) is 0.657. The molecule has 3 aromatic carbocycles. The fraction of sp³-hybridized carbons (Fsp3) is 0.200. The average molecular weight is 480 g/mol. The van der Waals surface area contributed by atoms with Gasteiger partial charge in [-0.25, -0.2) is 13.2 Å². The molecule has 0 atom stereocenters. The molecule has 1 aliphatic rings. The number of carbonyl (C=O) groups is 1. The molecule has 0 unspecified atom stereocenters. The first-order chi connectivity index (χ1) is 16.4. The minimum absolute atomic E-state index is 0.0248. The zero-order chi connectivity index (χ0) is 24.1. The third kappa shape index (κ3) is 5.27. The summed E-state index contributed by atoms with van der Waals surface area (Å²) in [4.78, 5) is 17.7. The first-order valence-corrected chi connectivity index (χ1v) is 12.1. The zero-order valence-electron chi connectivity index (χ0n) is 18.9. The van der Waals surface area contributed by atoms with Crippen LogP contribution in [0.5, 0.6) is 5.75 Å². The molecular weight excluding hydrogens is 454 g/mol. The third-order valence-electron chi connectivity index (χ3n) is 5.52. The van der Waals surface area contributed by atoms with Crippen LogP contribution in [0, 0.1) is 6.92 Å². The number of fused-ring (bicyclic) bond motifs is 1. The van der Waals surface area contributed by atoms with Crippen LogP contribution in [0.15, 0.2) is 82.8 Å². The molecule has 3 aromatic rings. The van der Waals surface area contributed by atoms with E-state index in [0.717, 1.165) is 16.7 Å². The summed E-state index contributed by atoms with van der Waals surface area (Å²) in [6, 6.07) is 21.0. The van der Waals surface area contributed by atoms with Crippen LogP contribution in [0.4, 0.5) is 10.5 Å². The van der Waals surface area contributed by atoms with Crippen molar-refractivity contribution in [3.05, 3.63) is 89.5 Å². The largest absolute Gasteiger partial charge is 0.497 e. The third-order valence-corrected chi connectivity index (χ3v) is 7.38. The number of rotatable bonds is 5. The molecule has 1 heterocycles. The molecule has 4 rings (SSSR count). The van der Waals surface area contributed by atoms with E-state index in [-0.39, 0.29) is 18.0 Å². The SMILES string of the molecule is COc1ccc(NC(=O)O/N=C2\CN(S(=O)(=O)c3ccc(C)cc3)CCc3ccccc32)cc1. The van der Waals surface area contributed by atoms with E-state index in [9.17, 15) is 13.2 Å². The smallest absolute Gasteiger partial charge is 0.437 e. The molecule has 1 aliphatic heterocycles. The molecule has 0 aliphatic carbocycles. The lowest BCUT2D eigenvalue weighted by molar-refractivity contribution is 0.166. The number of carbonyl (C=O) groups excluding carboxylic acids is 1. The highest BCUT2D eigenvalue weighted by atomic mass is 32.2. The van der Waals surface area contributed by atoms with E-state index in [1.54, 1.807) is 55.6 Å². The van der Waals surface area contributed by atoms with Crippen molar-refractivity contribution in [1.29, 1.82) is 0 Å². The van der Waals surface area contributed by atoms with Crippen molar-refractivity contribution in [1.82, 2.24) is 4.31 Å². The first kappa shape index (κ1) is 23.5. The highest BCUT2D eigenvalue weighted by molar-refractivity contribution is 7.89. The monoisotopic (exact) mass is 479 g/mol. The molecule has 0 fully saturated rings. The molecule has 176 valence electrons. The fourth-order valence-electron chi connectivity index (χ4n) is 3.65. The lowest BCUT2D eigenvalue weighted by atomic mass is 10.0. The Balaban J connectivity index is 1.57. The van der Waals surface area contributed by atoms with E-state index in [4.69, 9.17) is 9.57 Å². The number of aryl methyl sites for hydroxylation is 1. The van der Waals surface area contributed by atoms with Gasteiger partial charge in [0.05, 0.1) is 18.6 Å². The van der Waals surface area contributed by atoms with Crippen LogP contribution in [0.25, 0.3) is 0 Å². The van der Waals surface area contributed by atoms with Crippen molar-refractivity contribution >= 4 is 27.5 Å². The predicted octanol–water partition coefficient (Wildman–Crippen LogP) is 4.20. The van der Waals surface area contributed by atoms with Crippen LogP contribution >= 0.6 is 0 Å². The Hall–Kier alpha value is -3.69. The predicted molar refractivity (Wildman–Crippen MR) is 130 cm³/mol. The van der Waals surface area contributed by atoms with Crippen LogP contribution in [-0.4, -0.2) is 44.7 Å². The Morgan fingerprint density at radius 1 is 1.00 bits per heavy atom. The van der Waals surface area contributed by atoms with Gasteiger partial charge < -0.3 is 4.74 Å². The molecule has 0 saturated heterocycles. The van der Waals surface area contributed by atoms with E-state index in [0.29, 0.717) is 23.6 Å². The van der Waals surface area contributed by atoms with Crippen molar-refractivity contribution in [3.8, 4) is 5.75 Å². The summed E-state index contributed by atoms with van der Waals surface area (Å²) < 4.78 is 33.1. The van der Waals surface area contributed by atoms with E-state index in [1.807, 2.05) is 31.2 Å². The van der Waals surface area contributed by atoms with Crippen molar-refractivity contribution in [2.45, 2.75) is 18.2 Å². The van der Waals surface area contributed by atoms with E-state index in [2.05, 4.69) is 10.5 Å². The zero-order valence-corrected chi connectivity index (χ0v) is 19.7. The second-order valence-electron chi connectivity index (χ2n) is 7.83. The maximum atomic E-state index is 13.3. The van der Waals surface area contributed by atoms with Gasteiger partial charge in [-0.05, 0) is 55.3 Å². The Morgan fingerprint density at radius 3 is 2.41 bits per heavy atom. The molecule has 9 heteroatoms. The van der Waals surface area contributed by atoms with Crippen LogP contribution < -0.4 is 10.1 Å². The van der Waals surface area contributed by atoms with Crippen molar-refractivity contribution in [2.75, 3.05) is 25.5 Å². The standard InChI is InChI=1S/C25H25N3O5S/c1-18-7-13-22(14-8-18)34(30,31)28-16-15-19-5-3-4-6-23(19)24(17-28)27-33-25(29)26-20-9-11-21(32-2)12-10-20/h3-14H,15-17H2,1-2H3,(H,26,29)/b27-24+. The number of methoxy groups -OCH3 is 1. The van der Waals surface area contributed by atoms with Gasteiger partial charge in [-0.3, -0.25) is 10.2 Å². The maximum absolute atomic E-state index is 13.3. The maximum Gasteiger partial charge on any atom is 0.437 e. The quantitative estimate of drug-likeness (QED) is 0.437. The number of benzene rings is 3. The number of ether oxygens (including phenoxy) is 1. The number of nitrogens with zero attached hydrogens (tertiary/aromatic N) is 2. The average Bonchev–Trinajstić information content (AvgIpc) is 3.04. The number of hydrogen-bond donors (Lipinski definition) is 1. The van der Waals surface area contributed by atoms with Crippen molar-refractivity contribution in [2.24, 2.45) is 5.16 Å². The van der Waals surface area contributed by atoms with E-state index >= 15 is 0 Å². The van der Waals surface area contributed by atoms with Gasteiger partial charge in [-0.15, -0.1) is 0 Å². The van der Waals surface area contributed by atoms with E-state index < -0.39 is 16.1 Å². The summed E-state index contributed by atoms with van der Waals surface area (Å²) in [6.07, 6.45) is -0.273. The normalized spacial score (nSPS) is 15.3. The second-order valence-corrected chi connectivity index (χ2v) is 9.77. The molecule has 0 aromatic heterocycles. The highest BCUT2D eigenvalue weighted by Gasteiger charge is 2.29. The van der Waals surface area contributed by atoms with Gasteiger partial charge >= 0.3 is 6.09 Å². The summed E-state index contributed by atoms with van der Waals surface area (Å²) in [5.41, 5.74) is 3.52. The van der Waals surface area contributed by atoms with Crippen LogP contribution in [0.3, 0.4) is 0 Å². The summed E-state index contributed by atoms with van der Waals surface area (Å²) in [5, 5.41) is 6.65. The van der Waals surface area contributed by atoms with Crippen LogP contribution in [0.1, 0.15) is 16.7 Å². The molecule has 1 amide bonds. The van der Waals surface area contributed by atoms with Crippen molar-refractivity contribution < 1.29 is 22.8 Å². The topological polar surface area (TPSA) is 97.3 Å². The lowest BCUT2D eigenvalue weighted by Crippen LogP contribution is -2.36. The minimum Gasteiger partial charge on any atom is -0.497 e. The Kier molecular flexibility index (Phi) is 6.95. The Bertz CT molecular complexity index is 1300. The fourth-order valence-corrected chi connectivity index (χ4v) is 5.05. The van der Waals surface area contributed by atoms with E-state index in [1.165, 1.54) is 4.31 Å². The van der Waals surface area contributed by atoms with Crippen LogP contribution in [-0.2, 0) is 21.3 Å². The van der Waals surface area contributed by atoms with Gasteiger partial charge in [0.2, 0.25) is 10.0 Å². The second kappa shape index (κ2) is 10.1. The summed E-state index contributed by atoms with van der Waals surface area (Å²) in [6.45, 7) is 2.16. The van der Waals surface area contributed by atoms with Gasteiger partial charge in [0, 0.05) is 17.8 Å². The lowest BCUT2D eigenvalue weighted by Gasteiger charge is -2.20. The van der Waals surface area contributed by atoms with Gasteiger partial charge in [0.1, 0.15) is 11.5 Å². The highest BCUT2D eigenvalue weighted by Crippen LogP contribution is 2.23. The number of anilines is 1. The van der Waals surface area contributed by atoms with Gasteiger partial charge in [-0.2, -0.15) is 4.31 Å². The molecule has 0 radical (unpaired) electrons. The van der Waals surface area contributed by atoms with Gasteiger partial charge in [0.25, 0.3) is 0 Å². The number of hydrogen-bond acceptors (Lipinski definition) is 6. The number of sulfonamides is 1. The number of amides is 1. The van der Waals surface area contributed by atoms with Gasteiger partial charge in [0.15, 0.2) is 0 Å². The number of oxime groups is 1. The number of nitrogens with one attached hydrogen (secondary N) is 1. The Morgan fingerprint density at radius 2 is 1.71 bits per heavy atom. The first-order valence-electron chi connectivity index (χ1n) is 10.7. The van der Waals surface area contributed by atoms with Crippen molar-refractivity contribution in [3.63, 3.8) is 0 Å². The molecule has 0 spiro atoms. The van der Waals surface area contributed by atoms with Crippen LogP contribution in [0.2, 0.25) is 0 Å². The molecule has 1 N–H and O–H groups in total. The minimum atomic E-state index is -3.76. The molecule has 8 nitrogen and oxygen atoms in total. The molecule has 0 bridgehead atoms. The summed E-state index contributed by atoms with van der Waals surface area (Å²) in [7, 11) is -2.21. The molecule has 0 saturated carbocycles. The summed E-state index contributed by atoms with van der Waals surface area (Å²) >= 11 is 0. The Labute approximate surface area is 198 Å². The molecule has 34 heavy (non-hydrogen) atoms. The molecular formula is C25H25N3O5S.